The molecule has 0 aliphatic rings. The lowest BCUT2D eigenvalue weighted by molar-refractivity contribution is 0.157. The first kappa shape index (κ1) is 14.9. The van der Waals surface area contributed by atoms with E-state index in [-0.39, 0.29) is 0 Å². The lowest BCUT2D eigenvalue weighted by Gasteiger charge is -2.25. The van der Waals surface area contributed by atoms with Gasteiger partial charge in [-0.15, -0.1) is 0 Å². The van der Waals surface area contributed by atoms with Gasteiger partial charge in [0.15, 0.2) is 0 Å². The van der Waals surface area contributed by atoms with Crippen LogP contribution in [0.2, 0.25) is 0 Å². The fourth-order valence-electron chi connectivity index (χ4n) is 1.74. The molecule has 0 saturated carbocycles. The highest BCUT2D eigenvalue weighted by atomic mass is 16.3. The lowest BCUT2D eigenvalue weighted by Crippen LogP contribution is -2.32. The van der Waals surface area contributed by atoms with Gasteiger partial charge in [-0.1, -0.05) is 33.6 Å². The topological polar surface area (TPSA) is 23.5 Å². The molecule has 0 bridgehead atoms. The molecule has 0 aromatic heterocycles. The Kier molecular flexibility index (Phi) is 10.4. The van der Waals surface area contributed by atoms with Crippen LogP contribution in [0.5, 0.6) is 0 Å². The van der Waals surface area contributed by atoms with Crippen molar-refractivity contribution in [3.05, 3.63) is 0 Å². The van der Waals surface area contributed by atoms with E-state index in [0.29, 0.717) is 12.5 Å². The van der Waals surface area contributed by atoms with Gasteiger partial charge in [0.05, 0.1) is 0 Å². The van der Waals surface area contributed by atoms with E-state index in [1.54, 1.807) is 0 Å². The maximum atomic E-state index is 9.20. The molecule has 1 atom stereocenters. The van der Waals surface area contributed by atoms with Crippen molar-refractivity contribution in [2.24, 2.45) is 5.92 Å². The molecule has 0 aromatic carbocycles. The molecule has 2 nitrogen and oxygen atoms in total. The van der Waals surface area contributed by atoms with Crippen LogP contribution in [0.15, 0.2) is 0 Å². The van der Waals surface area contributed by atoms with Crippen molar-refractivity contribution < 1.29 is 5.11 Å². The first-order chi connectivity index (χ1) is 7.28. The third-order valence-electron chi connectivity index (χ3n) is 3.01. The van der Waals surface area contributed by atoms with Gasteiger partial charge in [-0.05, 0) is 38.3 Å². The van der Waals surface area contributed by atoms with Crippen molar-refractivity contribution >= 4 is 0 Å². The van der Waals surface area contributed by atoms with Crippen molar-refractivity contribution in [2.75, 3.05) is 26.2 Å². The van der Waals surface area contributed by atoms with Crippen LogP contribution in [0.4, 0.5) is 0 Å². The summed E-state index contributed by atoms with van der Waals surface area (Å²) in [6, 6.07) is 0. The Balaban J connectivity index is 3.86. The quantitative estimate of drug-likeness (QED) is 0.606. The minimum absolute atomic E-state index is 0.339. The van der Waals surface area contributed by atoms with Crippen LogP contribution in [-0.2, 0) is 0 Å². The summed E-state index contributed by atoms with van der Waals surface area (Å²) in [5.41, 5.74) is 0. The molecule has 0 rings (SSSR count). The zero-order valence-corrected chi connectivity index (χ0v) is 10.8. The average Bonchev–Trinajstić information content (AvgIpc) is 2.28. The number of aliphatic hydroxyl groups excluding tert-OH is 1. The second kappa shape index (κ2) is 10.4. The molecule has 1 unspecified atom stereocenters. The first-order valence-corrected chi connectivity index (χ1v) is 6.61. The van der Waals surface area contributed by atoms with E-state index in [0.717, 1.165) is 13.0 Å². The molecule has 15 heavy (non-hydrogen) atoms. The highest BCUT2D eigenvalue weighted by Gasteiger charge is 2.10. The molecule has 0 aliphatic carbocycles. The van der Waals surface area contributed by atoms with Gasteiger partial charge in [0, 0.05) is 13.2 Å². The molecular formula is C13H29NO. The van der Waals surface area contributed by atoms with Gasteiger partial charge in [-0.25, -0.2) is 0 Å². The first-order valence-electron chi connectivity index (χ1n) is 6.61. The van der Waals surface area contributed by atoms with Crippen molar-refractivity contribution in [3.8, 4) is 0 Å². The Morgan fingerprint density at radius 1 is 1.00 bits per heavy atom. The SMILES string of the molecule is CCCCN(CCCC)CC(CC)CO. The minimum Gasteiger partial charge on any atom is -0.396 e. The normalized spacial score (nSPS) is 13.4. The van der Waals surface area contributed by atoms with Crippen LogP contribution in [0.25, 0.3) is 0 Å². The Labute approximate surface area is 95.7 Å². The summed E-state index contributed by atoms with van der Waals surface area (Å²) in [6.07, 6.45) is 6.18. The van der Waals surface area contributed by atoms with Crippen LogP contribution in [0.1, 0.15) is 52.9 Å². The standard InChI is InChI=1S/C13H29NO/c1-4-7-9-14(10-8-5-2)11-13(6-3)12-15/h13,15H,4-12H2,1-3H3. The highest BCUT2D eigenvalue weighted by molar-refractivity contribution is 4.64. The van der Waals surface area contributed by atoms with Gasteiger partial charge in [0.2, 0.25) is 0 Å². The number of nitrogens with zero attached hydrogens (tertiary/aromatic N) is 1. The van der Waals surface area contributed by atoms with Crippen molar-refractivity contribution in [1.82, 2.24) is 4.90 Å². The van der Waals surface area contributed by atoms with E-state index in [1.165, 1.54) is 38.8 Å². The largest absolute Gasteiger partial charge is 0.396 e. The summed E-state index contributed by atoms with van der Waals surface area (Å²) < 4.78 is 0. The van der Waals surface area contributed by atoms with Gasteiger partial charge < -0.3 is 10.0 Å². The zero-order valence-electron chi connectivity index (χ0n) is 10.8. The number of hydrogen-bond acceptors (Lipinski definition) is 2. The van der Waals surface area contributed by atoms with E-state index in [4.69, 9.17) is 0 Å². The maximum Gasteiger partial charge on any atom is 0.0471 e. The fourth-order valence-corrected chi connectivity index (χ4v) is 1.74. The fraction of sp³-hybridized carbons (Fsp3) is 1.00. The molecule has 1 N–H and O–H groups in total. The van der Waals surface area contributed by atoms with Crippen LogP contribution < -0.4 is 0 Å². The van der Waals surface area contributed by atoms with E-state index < -0.39 is 0 Å². The monoisotopic (exact) mass is 215 g/mol. The van der Waals surface area contributed by atoms with Crippen LogP contribution in [0.3, 0.4) is 0 Å². The van der Waals surface area contributed by atoms with Gasteiger partial charge in [0.25, 0.3) is 0 Å². The second-order valence-corrected chi connectivity index (χ2v) is 4.46. The molecule has 0 aromatic rings. The summed E-state index contributed by atoms with van der Waals surface area (Å²) in [7, 11) is 0. The predicted molar refractivity (Wildman–Crippen MR) is 67.1 cm³/mol. The maximum absolute atomic E-state index is 9.20. The van der Waals surface area contributed by atoms with Gasteiger partial charge in [-0.2, -0.15) is 0 Å². The number of rotatable bonds is 10. The number of unbranched alkanes of at least 4 members (excludes halogenated alkanes) is 2. The zero-order chi connectivity index (χ0) is 11.5. The summed E-state index contributed by atoms with van der Waals surface area (Å²) in [6.45, 7) is 10.5. The third-order valence-corrected chi connectivity index (χ3v) is 3.01. The van der Waals surface area contributed by atoms with E-state index in [2.05, 4.69) is 25.7 Å². The Morgan fingerprint density at radius 3 is 1.87 bits per heavy atom. The van der Waals surface area contributed by atoms with Gasteiger partial charge in [-0.3, -0.25) is 0 Å². The highest BCUT2D eigenvalue weighted by Crippen LogP contribution is 2.07. The molecule has 0 saturated heterocycles. The van der Waals surface area contributed by atoms with E-state index in [9.17, 15) is 5.11 Å². The number of hydrogen-bond donors (Lipinski definition) is 1. The van der Waals surface area contributed by atoms with Crippen molar-refractivity contribution in [2.45, 2.75) is 52.9 Å². The molecule has 0 amide bonds. The average molecular weight is 215 g/mol. The van der Waals surface area contributed by atoms with Gasteiger partial charge >= 0.3 is 0 Å². The molecule has 0 heterocycles. The Hall–Kier alpha value is -0.0800. The Morgan fingerprint density at radius 2 is 1.53 bits per heavy atom. The minimum atomic E-state index is 0.339. The van der Waals surface area contributed by atoms with Crippen LogP contribution >= 0.6 is 0 Å². The van der Waals surface area contributed by atoms with Gasteiger partial charge in [0.1, 0.15) is 0 Å². The van der Waals surface area contributed by atoms with E-state index >= 15 is 0 Å². The molecular weight excluding hydrogens is 186 g/mol. The smallest absolute Gasteiger partial charge is 0.0471 e. The second-order valence-electron chi connectivity index (χ2n) is 4.46. The summed E-state index contributed by atoms with van der Waals surface area (Å²) >= 11 is 0. The summed E-state index contributed by atoms with van der Waals surface area (Å²) in [4.78, 5) is 2.53. The van der Waals surface area contributed by atoms with Crippen molar-refractivity contribution in [1.29, 1.82) is 0 Å². The third kappa shape index (κ3) is 7.80. The molecule has 92 valence electrons. The predicted octanol–water partition coefficient (Wildman–Crippen LogP) is 2.91. The molecule has 2 heteroatoms. The van der Waals surface area contributed by atoms with Crippen LogP contribution in [0, 0.1) is 5.92 Å². The summed E-state index contributed by atoms with van der Waals surface area (Å²) in [5, 5.41) is 9.20. The molecule has 0 fully saturated rings. The lowest BCUT2D eigenvalue weighted by atomic mass is 10.1. The summed E-state index contributed by atoms with van der Waals surface area (Å²) in [5.74, 6) is 0.471. The molecule has 0 aliphatic heterocycles. The molecule has 0 spiro atoms. The van der Waals surface area contributed by atoms with Crippen molar-refractivity contribution in [3.63, 3.8) is 0 Å². The van der Waals surface area contributed by atoms with Crippen LogP contribution in [-0.4, -0.2) is 36.2 Å². The molecule has 0 radical (unpaired) electrons. The Bertz CT molecular complexity index is 116. The van der Waals surface area contributed by atoms with E-state index in [1.807, 2.05) is 0 Å². The number of aliphatic hydroxyl groups is 1.